The van der Waals surface area contributed by atoms with Crippen LogP contribution >= 0.6 is 0 Å². The van der Waals surface area contributed by atoms with Gasteiger partial charge in [0, 0.05) is 5.56 Å². The molecule has 1 amide bonds. The van der Waals surface area contributed by atoms with E-state index in [9.17, 15) is 4.79 Å². The van der Waals surface area contributed by atoms with Crippen molar-refractivity contribution in [3.8, 4) is 0 Å². The van der Waals surface area contributed by atoms with Crippen molar-refractivity contribution in [2.45, 2.75) is 26.7 Å². The summed E-state index contributed by atoms with van der Waals surface area (Å²) in [6.45, 7) is 4.03. The van der Waals surface area contributed by atoms with E-state index >= 15 is 0 Å². The summed E-state index contributed by atoms with van der Waals surface area (Å²) in [6.07, 6.45) is 1.45. The van der Waals surface area contributed by atoms with Gasteiger partial charge in [-0.2, -0.15) is 0 Å². The maximum atomic E-state index is 11.8. The van der Waals surface area contributed by atoms with Crippen LogP contribution in [0.5, 0.6) is 0 Å². The number of nitrogens with two attached hydrogens (primary N) is 1. The number of aromatic nitrogens is 2. The number of hydrogen-bond donors (Lipinski definition) is 1. The monoisotopic (exact) mass is 279 g/mol. The average Bonchev–Trinajstić information content (AvgIpc) is 2.50. The minimum atomic E-state index is -0.388. The van der Waals surface area contributed by atoms with Crippen molar-refractivity contribution in [1.82, 2.24) is 9.97 Å². The largest absolute Gasteiger partial charge is 0.366 e. The van der Waals surface area contributed by atoms with E-state index in [0.717, 1.165) is 39.6 Å². The van der Waals surface area contributed by atoms with Crippen LogP contribution in [0.1, 0.15) is 35.3 Å². The summed E-state index contributed by atoms with van der Waals surface area (Å²) < 4.78 is 0. The molecule has 1 aromatic heterocycles. The summed E-state index contributed by atoms with van der Waals surface area (Å²) in [5.41, 5.74) is 11.3. The van der Waals surface area contributed by atoms with Crippen LogP contribution in [0.3, 0.4) is 0 Å². The Morgan fingerprint density at radius 1 is 1.05 bits per heavy atom. The summed E-state index contributed by atoms with van der Waals surface area (Å²) >= 11 is 0. The Kier molecular flexibility index (Phi) is 3.29. The summed E-state index contributed by atoms with van der Waals surface area (Å²) in [6, 6.07) is 9.69. The third kappa shape index (κ3) is 2.13. The molecule has 106 valence electrons. The Balaban J connectivity index is 2.48. The standard InChI is InChI=1S/C17H17N3O/c1-3-10-9-14-16(11(4-2)15(10)17(18)21)20-13-8-6-5-7-12(13)19-14/h5-9H,3-4H2,1-2H3,(H2,18,21). The molecule has 0 fully saturated rings. The molecule has 0 spiro atoms. The number of amides is 1. The molecule has 0 aliphatic carbocycles. The number of rotatable bonds is 3. The van der Waals surface area contributed by atoms with Gasteiger partial charge in [0.15, 0.2) is 0 Å². The van der Waals surface area contributed by atoms with Gasteiger partial charge in [-0.25, -0.2) is 9.97 Å². The van der Waals surface area contributed by atoms with Crippen molar-refractivity contribution in [3.05, 3.63) is 47.0 Å². The minimum absolute atomic E-state index is 0.388. The van der Waals surface area contributed by atoms with Gasteiger partial charge in [0.25, 0.3) is 0 Å². The zero-order valence-electron chi connectivity index (χ0n) is 12.2. The van der Waals surface area contributed by atoms with E-state index < -0.39 is 0 Å². The Hall–Kier alpha value is -2.49. The third-order valence-electron chi connectivity index (χ3n) is 3.80. The van der Waals surface area contributed by atoms with Crippen molar-refractivity contribution >= 4 is 28.0 Å². The zero-order chi connectivity index (χ0) is 15.0. The fraction of sp³-hybridized carbons (Fsp3) is 0.235. The van der Waals surface area contributed by atoms with Crippen molar-refractivity contribution in [2.75, 3.05) is 0 Å². The second-order valence-corrected chi connectivity index (χ2v) is 5.04. The molecule has 2 N–H and O–H groups in total. The number of primary amides is 1. The molecular formula is C17H17N3O. The van der Waals surface area contributed by atoms with Gasteiger partial charge in [-0.05, 0) is 42.2 Å². The van der Waals surface area contributed by atoms with Crippen LogP contribution in [-0.2, 0) is 12.8 Å². The first-order valence-corrected chi connectivity index (χ1v) is 7.16. The summed E-state index contributed by atoms with van der Waals surface area (Å²) in [7, 11) is 0. The van der Waals surface area contributed by atoms with Crippen LogP contribution in [0.2, 0.25) is 0 Å². The molecule has 3 rings (SSSR count). The Bertz CT molecular complexity index is 855. The Morgan fingerprint density at radius 2 is 1.71 bits per heavy atom. The van der Waals surface area contributed by atoms with E-state index in [-0.39, 0.29) is 5.91 Å². The van der Waals surface area contributed by atoms with Gasteiger partial charge in [0.05, 0.1) is 22.1 Å². The van der Waals surface area contributed by atoms with Crippen molar-refractivity contribution in [2.24, 2.45) is 5.73 Å². The maximum Gasteiger partial charge on any atom is 0.249 e. The predicted molar refractivity (Wildman–Crippen MR) is 84.3 cm³/mol. The normalized spacial score (nSPS) is 11.1. The molecule has 21 heavy (non-hydrogen) atoms. The molecule has 3 aromatic rings. The molecule has 0 bridgehead atoms. The highest BCUT2D eigenvalue weighted by atomic mass is 16.1. The zero-order valence-corrected chi connectivity index (χ0v) is 12.2. The second-order valence-electron chi connectivity index (χ2n) is 5.04. The highest BCUT2D eigenvalue weighted by molar-refractivity contribution is 6.01. The number of fused-ring (bicyclic) bond motifs is 2. The molecular weight excluding hydrogens is 262 g/mol. The minimum Gasteiger partial charge on any atom is -0.366 e. The van der Waals surface area contributed by atoms with E-state index in [2.05, 4.69) is 4.98 Å². The molecule has 0 atom stereocenters. The summed E-state index contributed by atoms with van der Waals surface area (Å²) in [5.74, 6) is -0.388. The molecule has 2 aromatic carbocycles. The lowest BCUT2D eigenvalue weighted by Crippen LogP contribution is -2.17. The molecule has 0 aliphatic heterocycles. The topological polar surface area (TPSA) is 68.9 Å². The number of nitrogens with zero attached hydrogens (tertiary/aromatic N) is 2. The first-order chi connectivity index (χ1) is 10.2. The fourth-order valence-corrected chi connectivity index (χ4v) is 2.82. The SMILES string of the molecule is CCc1cc2nc3ccccc3nc2c(CC)c1C(N)=O. The van der Waals surface area contributed by atoms with Crippen molar-refractivity contribution < 1.29 is 4.79 Å². The number of carbonyl (C=O) groups is 1. The van der Waals surface area contributed by atoms with E-state index in [1.165, 1.54) is 0 Å². The smallest absolute Gasteiger partial charge is 0.249 e. The van der Waals surface area contributed by atoms with Crippen LogP contribution in [0.25, 0.3) is 22.1 Å². The fourth-order valence-electron chi connectivity index (χ4n) is 2.82. The van der Waals surface area contributed by atoms with Gasteiger partial charge < -0.3 is 5.73 Å². The predicted octanol–water partition coefficient (Wildman–Crippen LogP) is 3.01. The molecule has 0 saturated heterocycles. The van der Waals surface area contributed by atoms with Crippen LogP contribution < -0.4 is 5.73 Å². The van der Waals surface area contributed by atoms with Gasteiger partial charge in [-0.15, -0.1) is 0 Å². The molecule has 0 saturated carbocycles. The number of benzene rings is 2. The highest BCUT2D eigenvalue weighted by Crippen LogP contribution is 2.26. The van der Waals surface area contributed by atoms with Gasteiger partial charge in [-0.1, -0.05) is 26.0 Å². The molecule has 4 heteroatoms. The van der Waals surface area contributed by atoms with Crippen LogP contribution in [0, 0.1) is 0 Å². The van der Waals surface area contributed by atoms with Gasteiger partial charge in [-0.3, -0.25) is 4.79 Å². The van der Waals surface area contributed by atoms with Crippen LogP contribution in [0.15, 0.2) is 30.3 Å². The first-order valence-electron chi connectivity index (χ1n) is 7.16. The maximum absolute atomic E-state index is 11.8. The summed E-state index contributed by atoms with van der Waals surface area (Å²) in [4.78, 5) is 21.2. The summed E-state index contributed by atoms with van der Waals surface area (Å²) in [5, 5.41) is 0. The highest BCUT2D eigenvalue weighted by Gasteiger charge is 2.17. The molecule has 4 nitrogen and oxygen atoms in total. The molecule has 0 aliphatic rings. The molecule has 1 heterocycles. The van der Waals surface area contributed by atoms with E-state index in [0.29, 0.717) is 12.0 Å². The van der Waals surface area contributed by atoms with Crippen LogP contribution in [0.4, 0.5) is 0 Å². The lowest BCUT2D eigenvalue weighted by atomic mass is 9.95. The molecule has 0 radical (unpaired) electrons. The number of aryl methyl sites for hydroxylation is 2. The van der Waals surface area contributed by atoms with Crippen molar-refractivity contribution in [1.29, 1.82) is 0 Å². The second kappa shape index (κ2) is 5.13. The third-order valence-corrected chi connectivity index (χ3v) is 3.80. The number of para-hydroxylation sites is 2. The number of carbonyl (C=O) groups excluding carboxylic acids is 1. The lowest BCUT2D eigenvalue weighted by Gasteiger charge is -2.13. The molecule has 0 unspecified atom stereocenters. The van der Waals surface area contributed by atoms with Crippen molar-refractivity contribution in [3.63, 3.8) is 0 Å². The van der Waals surface area contributed by atoms with Gasteiger partial charge in [0.1, 0.15) is 0 Å². The van der Waals surface area contributed by atoms with Gasteiger partial charge >= 0.3 is 0 Å². The van der Waals surface area contributed by atoms with E-state index in [1.54, 1.807) is 0 Å². The average molecular weight is 279 g/mol. The number of hydrogen-bond acceptors (Lipinski definition) is 3. The van der Waals surface area contributed by atoms with E-state index in [4.69, 9.17) is 10.7 Å². The van der Waals surface area contributed by atoms with Crippen LogP contribution in [-0.4, -0.2) is 15.9 Å². The Labute approximate surface area is 123 Å². The lowest BCUT2D eigenvalue weighted by molar-refractivity contribution is 0.0998. The van der Waals surface area contributed by atoms with E-state index in [1.807, 2.05) is 44.2 Å². The quantitative estimate of drug-likeness (QED) is 0.749. The Morgan fingerprint density at radius 3 is 2.29 bits per heavy atom. The van der Waals surface area contributed by atoms with Gasteiger partial charge in [0.2, 0.25) is 5.91 Å². The first kappa shape index (κ1) is 13.5.